The summed E-state index contributed by atoms with van der Waals surface area (Å²) in [5.74, 6) is 4.27. The molecule has 0 amide bonds. The van der Waals surface area contributed by atoms with Crippen LogP contribution in [0.2, 0.25) is 0 Å². The molecule has 0 aromatic rings. The van der Waals surface area contributed by atoms with Crippen LogP contribution in [0.15, 0.2) is 0 Å². The molecular formula is C17H32. The molecule has 0 radical (unpaired) electrons. The minimum absolute atomic E-state index is 1.01. The van der Waals surface area contributed by atoms with Crippen LogP contribution in [-0.2, 0) is 0 Å². The Labute approximate surface area is 109 Å². The Balaban J connectivity index is 1.95. The Kier molecular flexibility index (Phi) is 5.38. The summed E-state index contributed by atoms with van der Waals surface area (Å²) in [6, 6.07) is 0. The summed E-state index contributed by atoms with van der Waals surface area (Å²) in [7, 11) is 0. The Bertz CT molecular complexity index is 208. The minimum Gasteiger partial charge on any atom is -0.0654 e. The van der Waals surface area contributed by atoms with E-state index in [0.29, 0.717) is 0 Å². The molecule has 2 fully saturated rings. The number of hydrogen-bond acceptors (Lipinski definition) is 0. The van der Waals surface area contributed by atoms with Crippen LogP contribution in [0.3, 0.4) is 0 Å². The van der Waals surface area contributed by atoms with Crippen molar-refractivity contribution >= 4 is 0 Å². The molecule has 4 atom stereocenters. The maximum atomic E-state index is 2.53. The van der Waals surface area contributed by atoms with Gasteiger partial charge in [-0.3, -0.25) is 0 Å². The Hall–Kier alpha value is 0. The van der Waals surface area contributed by atoms with Gasteiger partial charge in [-0.05, 0) is 36.5 Å². The molecule has 2 rings (SSSR count). The van der Waals surface area contributed by atoms with Crippen LogP contribution in [0.4, 0.5) is 0 Å². The molecule has 2 saturated carbocycles. The van der Waals surface area contributed by atoms with Crippen LogP contribution in [-0.4, -0.2) is 0 Å². The van der Waals surface area contributed by atoms with Gasteiger partial charge in [-0.15, -0.1) is 0 Å². The second-order valence-corrected chi connectivity index (χ2v) is 6.85. The first-order valence-corrected chi connectivity index (χ1v) is 8.31. The van der Waals surface area contributed by atoms with Crippen LogP contribution in [0, 0.1) is 23.7 Å². The lowest BCUT2D eigenvalue weighted by Crippen LogP contribution is -2.16. The molecule has 0 aromatic heterocycles. The summed E-state index contributed by atoms with van der Waals surface area (Å²) >= 11 is 0. The lowest BCUT2D eigenvalue weighted by molar-refractivity contribution is 0.247. The van der Waals surface area contributed by atoms with Gasteiger partial charge < -0.3 is 0 Å². The van der Waals surface area contributed by atoms with Crippen molar-refractivity contribution in [1.82, 2.24) is 0 Å². The van der Waals surface area contributed by atoms with Crippen molar-refractivity contribution in [2.45, 2.75) is 84.5 Å². The third-order valence-electron chi connectivity index (χ3n) is 5.65. The van der Waals surface area contributed by atoms with Gasteiger partial charge >= 0.3 is 0 Å². The van der Waals surface area contributed by atoms with Gasteiger partial charge in [-0.25, -0.2) is 0 Å². The van der Waals surface area contributed by atoms with E-state index >= 15 is 0 Å². The van der Waals surface area contributed by atoms with Gasteiger partial charge in [0.25, 0.3) is 0 Å². The van der Waals surface area contributed by atoms with Crippen molar-refractivity contribution < 1.29 is 0 Å². The molecule has 4 unspecified atom stereocenters. The average molecular weight is 236 g/mol. The topological polar surface area (TPSA) is 0 Å². The molecule has 0 heteroatoms. The third kappa shape index (κ3) is 3.73. The largest absolute Gasteiger partial charge is 0.0654 e. The second kappa shape index (κ2) is 6.81. The Morgan fingerprint density at radius 3 is 2.41 bits per heavy atom. The summed E-state index contributed by atoms with van der Waals surface area (Å²) in [4.78, 5) is 0. The normalized spacial score (nSPS) is 39.2. The van der Waals surface area contributed by atoms with E-state index in [1.807, 2.05) is 0 Å². The van der Waals surface area contributed by atoms with E-state index in [9.17, 15) is 0 Å². The van der Waals surface area contributed by atoms with Crippen molar-refractivity contribution in [3.05, 3.63) is 0 Å². The molecule has 0 nitrogen and oxygen atoms in total. The zero-order valence-corrected chi connectivity index (χ0v) is 12.1. The molecule has 2 aliphatic rings. The summed E-state index contributed by atoms with van der Waals surface area (Å²) < 4.78 is 0. The van der Waals surface area contributed by atoms with Crippen molar-refractivity contribution in [1.29, 1.82) is 0 Å². The van der Waals surface area contributed by atoms with E-state index in [0.717, 1.165) is 23.7 Å². The van der Waals surface area contributed by atoms with Crippen molar-refractivity contribution in [3.8, 4) is 0 Å². The highest BCUT2D eigenvalue weighted by molar-refractivity contribution is 4.83. The van der Waals surface area contributed by atoms with E-state index < -0.39 is 0 Å². The Morgan fingerprint density at radius 1 is 0.882 bits per heavy atom. The van der Waals surface area contributed by atoms with Gasteiger partial charge in [-0.2, -0.15) is 0 Å². The molecule has 0 aromatic carbocycles. The van der Waals surface area contributed by atoms with Crippen LogP contribution in [0.5, 0.6) is 0 Å². The van der Waals surface area contributed by atoms with Gasteiger partial charge in [0.1, 0.15) is 0 Å². The summed E-state index contributed by atoms with van der Waals surface area (Å²) in [6.07, 6.45) is 16.7. The molecule has 0 aliphatic heterocycles. The van der Waals surface area contributed by atoms with Crippen LogP contribution in [0.1, 0.15) is 84.5 Å². The number of fused-ring (bicyclic) bond motifs is 1. The molecular weight excluding hydrogens is 204 g/mol. The predicted molar refractivity (Wildman–Crippen MR) is 76.1 cm³/mol. The minimum atomic E-state index is 1.01. The first kappa shape index (κ1) is 13.4. The monoisotopic (exact) mass is 236 g/mol. The number of unbranched alkanes of at least 4 members (excludes halogenated alkanes) is 1. The summed E-state index contributed by atoms with van der Waals surface area (Å²) in [5.41, 5.74) is 0. The SMILES string of the molecule is CCCCC1CC2CCCCCC2CCC1C. The Morgan fingerprint density at radius 2 is 1.65 bits per heavy atom. The van der Waals surface area contributed by atoms with Crippen LogP contribution < -0.4 is 0 Å². The van der Waals surface area contributed by atoms with Gasteiger partial charge in [0.05, 0.1) is 0 Å². The molecule has 17 heavy (non-hydrogen) atoms. The van der Waals surface area contributed by atoms with Gasteiger partial charge in [0, 0.05) is 0 Å². The standard InChI is InChI=1S/C17H32/c1-3-4-8-16-13-17-10-7-5-6-9-15(17)12-11-14(16)2/h14-17H,3-13H2,1-2H3. The zero-order valence-electron chi connectivity index (χ0n) is 12.1. The predicted octanol–water partition coefficient (Wildman–Crippen LogP) is 5.81. The van der Waals surface area contributed by atoms with Crippen molar-refractivity contribution in [2.75, 3.05) is 0 Å². The molecule has 0 saturated heterocycles. The van der Waals surface area contributed by atoms with E-state index in [2.05, 4.69) is 13.8 Å². The lowest BCUT2D eigenvalue weighted by atomic mass is 9.80. The van der Waals surface area contributed by atoms with Crippen molar-refractivity contribution in [2.24, 2.45) is 23.7 Å². The molecule has 0 bridgehead atoms. The molecule has 0 heterocycles. The fourth-order valence-electron chi connectivity index (χ4n) is 4.35. The van der Waals surface area contributed by atoms with Gasteiger partial charge in [0.15, 0.2) is 0 Å². The molecule has 0 N–H and O–H groups in total. The molecule has 100 valence electrons. The number of hydrogen-bond donors (Lipinski definition) is 0. The number of rotatable bonds is 3. The first-order valence-electron chi connectivity index (χ1n) is 8.31. The van der Waals surface area contributed by atoms with E-state index in [1.165, 1.54) is 44.9 Å². The highest BCUT2D eigenvalue weighted by atomic mass is 14.4. The van der Waals surface area contributed by atoms with Gasteiger partial charge in [0.2, 0.25) is 0 Å². The fourth-order valence-corrected chi connectivity index (χ4v) is 4.35. The van der Waals surface area contributed by atoms with E-state index in [1.54, 1.807) is 25.7 Å². The van der Waals surface area contributed by atoms with E-state index in [-0.39, 0.29) is 0 Å². The maximum absolute atomic E-state index is 2.53. The fraction of sp³-hybridized carbons (Fsp3) is 1.00. The lowest BCUT2D eigenvalue weighted by Gasteiger charge is -2.26. The van der Waals surface area contributed by atoms with Crippen LogP contribution >= 0.6 is 0 Å². The quantitative estimate of drug-likeness (QED) is 0.580. The van der Waals surface area contributed by atoms with Crippen LogP contribution in [0.25, 0.3) is 0 Å². The summed E-state index contributed by atoms with van der Waals surface area (Å²) in [6.45, 7) is 4.88. The first-order chi connectivity index (χ1) is 8.31. The molecule has 0 spiro atoms. The maximum Gasteiger partial charge on any atom is -0.0383 e. The second-order valence-electron chi connectivity index (χ2n) is 6.85. The average Bonchev–Trinajstić information content (AvgIpc) is 2.62. The zero-order chi connectivity index (χ0) is 12.1. The molecule has 2 aliphatic carbocycles. The van der Waals surface area contributed by atoms with Crippen molar-refractivity contribution in [3.63, 3.8) is 0 Å². The van der Waals surface area contributed by atoms with E-state index in [4.69, 9.17) is 0 Å². The highest BCUT2D eigenvalue weighted by Crippen LogP contribution is 2.43. The highest BCUT2D eigenvalue weighted by Gasteiger charge is 2.31. The third-order valence-corrected chi connectivity index (χ3v) is 5.65. The smallest absolute Gasteiger partial charge is 0.0383 e. The summed E-state index contributed by atoms with van der Waals surface area (Å²) in [5, 5.41) is 0. The van der Waals surface area contributed by atoms with Gasteiger partial charge in [-0.1, -0.05) is 71.6 Å².